The van der Waals surface area contributed by atoms with Crippen molar-refractivity contribution in [1.29, 1.82) is 0 Å². The van der Waals surface area contributed by atoms with Gasteiger partial charge in [0.05, 0.1) is 5.69 Å². The van der Waals surface area contributed by atoms with Crippen LogP contribution in [0.2, 0.25) is 0 Å². The zero-order valence-corrected chi connectivity index (χ0v) is 36.9. The summed E-state index contributed by atoms with van der Waals surface area (Å²) in [6, 6.07) is 99.5. The molecule has 0 radical (unpaired) electrons. The topological polar surface area (TPSA) is 3.24 Å². The Bertz CT molecular complexity index is 3590. The summed E-state index contributed by atoms with van der Waals surface area (Å²) in [6.07, 6.45) is 0. The van der Waals surface area contributed by atoms with Crippen molar-refractivity contribution in [3.63, 3.8) is 0 Å². The molecule has 0 amide bonds. The van der Waals surface area contributed by atoms with E-state index in [0.29, 0.717) is 0 Å². The minimum absolute atomic E-state index is 1.09. The number of hydrogen-bond donors (Lipinski definition) is 0. The lowest BCUT2D eigenvalue weighted by Crippen LogP contribution is -2.10. The van der Waals surface area contributed by atoms with Crippen molar-refractivity contribution in [2.75, 3.05) is 4.90 Å². The van der Waals surface area contributed by atoms with E-state index >= 15 is 0 Å². The fourth-order valence-corrected chi connectivity index (χ4v) is 10.2. The highest BCUT2D eigenvalue weighted by atomic mass is 15.1. The fourth-order valence-electron chi connectivity index (χ4n) is 10.2. The number of nitrogens with zero attached hydrogens (tertiary/aromatic N) is 1. The minimum Gasteiger partial charge on any atom is -0.310 e. The van der Waals surface area contributed by atoms with Crippen molar-refractivity contribution in [3.05, 3.63) is 273 Å². The molecule has 0 N–H and O–H groups in total. The third-order valence-corrected chi connectivity index (χ3v) is 13.3. The lowest BCUT2D eigenvalue weighted by Gasteiger charge is -2.28. The smallest absolute Gasteiger partial charge is 0.0540 e. The molecule has 0 fully saturated rings. The summed E-state index contributed by atoms with van der Waals surface area (Å²) >= 11 is 0. The number of anilines is 3. The van der Waals surface area contributed by atoms with Crippen LogP contribution in [0.25, 0.3) is 99.1 Å². The van der Waals surface area contributed by atoms with Crippen LogP contribution in [0, 0.1) is 0 Å². The Balaban J connectivity index is 1.05. The molecule has 0 heterocycles. The summed E-state index contributed by atoms with van der Waals surface area (Å²) in [4.78, 5) is 2.43. The van der Waals surface area contributed by atoms with Crippen molar-refractivity contribution in [3.8, 4) is 66.8 Å². The van der Waals surface area contributed by atoms with Gasteiger partial charge in [0, 0.05) is 16.8 Å². The Kier molecular flexibility index (Phi) is 10.3. The number of rotatable bonds is 9. The molecule has 1 nitrogen and oxygen atoms in total. The summed E-state index contributed by atoms with van der Waals surface area (Å²) < 4.78 is 0. The normalized spacial score (nSPS) is 11.3. The van der Waals surface area contributed by atoms with Crippen LogP contribution >= 0.6 is 0 Å². The highest BCUT2D eigenvalue weighted by Gasteiger charge is 2.22. The molecule has 0 atom stereocenters. The van der Waals surface area contributed by atoms with Crippen LogP contribution in [0.4, 0.5) is 17.1 Å². The Labute approximate surface area is 392 Å². The zero-order chi connectivity index (χ0) is 44.5. The predicted molar refractivity (Wildman–Crippen MR) is 286 cm³/mol. The van der Waals surface area contributed by atoms with E-state index < -0.39 is 0 Å². The first-order chi connectivity index (χ1) is 33.3. The van der Waals surface area contributed by atoms with Crippen LogP contribution in [0.3, 0.4) is 0 Å². The van der Waals surface area contributed by atoms with E-state index in [2.05, 4.69) is 278 Å². The average Bonchev–Trinajstić information content (AvgIpc) is 3.41. The van der Waals surface area contributed by atoms with Crippen molar-refractivity contribution < 1.29 is 0 Å². The van der Waals surface area contributed by atoms with Gasteiger partial charge in [-0.1, -0.05) is 243 Å². The van der Waals surface area contributed by atoms with Crippen LogP contribution < -0.4 is 4.90 Å². The Morgan fingerprint density at radius 1 is 0.194 bits per heavy atom. The molecule has 67 heavy (non-hydrogen) atoms. The first-order valence-electron chi connectivity index (χ1n) is 23.1. The van der Waals surface area contributed by atoms with Crippen molar-refractivity contribution in [2.24, 2.45) is 0 Å². The fraction of sp³-hybridized carbons (Fsp3) is 0. The molecule has 0 aliphatic heterocycles. The number of fused-ring (bicyclic) bond motifs is 3. The molecular formula is C66H45N. The van der Waals surface area contributed by atoms with Gasteiger partial charge < -0.3 is 4.90 Å². The minimum atomic E-state index is 1.09. The largest absolute Gasteiger partial charge is 0.310 e. The zero-order valence-electron chi connectivity index (χ0n) is 36.9. The van der Waals surface area contributed by atoms with Gasteiger partial charge in [-0.3, -0.25) is 0 Å². The molecule has 12 aromatic rings. The van der Waals surface area contributed by atoms with E-state index in [0.717, 1.165) is 17.1 Å². The molecule has 0 saturated heterocycles. The Morgan fingerprint density at radius 3 is 1.16 bits per heavy atom. The molecule has 0 aliphatic carbocycles. The SMILES string of the molecule is c1ccc(-c2ccccc2-c2c(-c3ccccc3)cccc2-c2ccc(N(c3ccc(-c4cccc5ccccc45)cc3)c3ccc(-c4cccc5ccccc45)cc3)c3ccccc23)cc1. The number of hydrogen-bond acceptors (Lipinski definition) is 1. The highest BCUT2D eigenvalue weighted by Crippen LogP contribution is 2.48. The van der Waals surface area contributed by atoms with Crippen LogP contribution in [-0.4, -0.2) is 0 Å². The van der Waals surface area contributed by atoms with E-state index in [1.165, 1.54) is 99.1 Å². The van der Waals surface area contributed by atoms with Gasteiger partial charge in [0.25, 0.3) is 0 Å². The van der Waals surface area contributed by atoms with Gasteiger partial charge in [-0.25, -0.2) is 0 Å². The van der Waals surface area contributed by atoms with E-state index in [9.17, 15) is 0 Å². The van der Waals surface area contributed by atoms with Gasteiger partial charge in [-0.05, 0) is 124 Å². The second-order valence-electron chi connectivity index (χ2n) is 17.2. The maximum atomic E-state index is 2.43. The summed E-state index contributed by atoms with van der Waals surface area (Å²) in [7, 11) is 0. The summed E-state index contributed by atoms with van der Waals surface area (Å²) in [5.74, 6) is 0. The molecule has 1 heteroatoms. The summed E-state index contributed by atoms with van der Waals surface area (Å²) in [6.45, 7) is 0. The van der Waals surface area contributed by atoms with E-state index in [-0.39, 0.29) is 0 Å². The second kappa shape index (κ2) is 17.3. The third kappa shape index (κ3) is 7.34. The molecule has 0 saturated carbocycles. The highest BCUT2D eigenvalue weighted by molar-refractivity contribution is 6.10. The molecule has 0 bridgehead atoms. The quantitative estimate of drug-likeness (QED) is 0.140. The number of benzene rings is 12. The first kappa shape index (κ1) is 39.8. The van der Waals surface area contributed by atoms with Crippen LogP contribution in [0.15, 0.2) is 273 Å². The van der Waals surface area contributed by atoms with E-state index in [1.807, 2.05) is 0 Å². The lowest BCUT2D eigenvalue weighted by molar-refractivity contribution is 1.30. The molecule has 0 unspecified atom stereocenters. The Morgan fingerprint density at radius 2 is 0.582 bits per heavy atom. The monoisotopic (exact) mass is 851 g/mol. The van der Waals surface area contributed by atoms with Crippen molar-refractivity contribution in [2.45, 2.75) is 0 Å². The molecule has 0 aromatic heterocycles. The molecular weight excluding hydrogens is 807 g/mol. The van der Waals surface area contributed by atoms with Gasteiger partial charge in [0.15, 0.2) is 0 Å². The second-order valence-corrected chi connectivity index (χ2v) is 17.2. The maximum Gasteiger partial charge on any atom is 0.0540 e. The molecule has 314 valence electrons. The molecule has 12 aromatic carbocycles. The van der Waals surface area contributed by atoms with Gasteiger partial charge in [0.1, 0.15) is 0 Å². The average molecular weight is 852 g/mol. The van der Waals surface area contributed by atoms with E-state index in [4.69, 9.17) is 0 Å². The summed E-state index contributed by atoms with van der Waals surface area (Å²) in [5, 5.41) is 7.34. The van der Waals surface area contributed by atoms with Gasteiger partial charge in [-0.2, -0.15) is 0 Å². The first-order valence-corrected chi connectivity index (χ1v) is 23.1. The van der Waals surface area contributed by atoms with E-state index in [1.54, 1.807) is 0 Å². The molecule has 12 rings (SSSR count). The lowest BCUT2D eigenvalue weighted by atomic mass is 9.83. The van der Waals surface area contributed by atoms with Gasteiger partial charge in [0.2, 0.25) is 0 Å². The predicted octanol–water partition coefficient (Wildman–Crippen LogP) is 18.6. The molecule has 0 spiro atoms. The van der Waals surface area contributed by atoms with Crippen molar-refractivity contribution in [1.82, 2.24) is 0 Å². The van der Waals surface area contributed by atoms with Crippen LogP contribution in [0.1, 0.15) is 0 Å². The van der Waals surface area contributed by atoms with Crippen LogP contribution in [0.5, 0.6) is 0 Å². The molecule has 0 aliphatic rings. The third-order valence-electron chi connectivity index (χ3n) is 13.3. The maximum absolute atomic E-state index is 2.43. The standard InChI is InChI=1S/C66H45N/c1-3-18-46(19-4-1)58-28-11-14-31-63(58)66-59(49-20-5-2-6-21-49)34-17-35-64(66)61-44-45-65(62-30-13-12-29-60(61)62)67(52-40-36-50(37-41-52)56-32-15-24-47-22-7-9-26-54(47)56)53-42-38-51(39-43-53)57-33-16-25-48-23-8-10-27-55(48)57/h1-45H. The summed E-state index contributed by atoms with van der Waals surface area (Å²) in [5.41, 5.74) is 17.7. The van der Waals surface area contributed by atoms with Gasteiger partial charge in [-0.15, -0.1) is 0 Å². The Hall–Kier alpha value is -8.78. The van der Waals surface area contributed by atoms with Crippen molar-refractivity contribution >= 4 is 49.4 Å². The van der Waals surface area contributed by atoms with Gasteiger partial charge >= 0.3 is 0 Å². The van der Waals surface area contributed by atoms with Crippen LogP contribution in [-0.2, 0) is 0 Å².